The smallest absolute Gasteiger partial charge is 0.229 e. The molecule has 2 heterocycles. The van der Waals surface area contributed by atoms with Gasteiger partial charge in [0, 0.05) is 12.3 Å². The minimum atomic E-state index is -0.706. The molecule has 2 fully saturated rings. The number of aryl methyl sites for hydroxylation is 2. The maximum Gasteiger partial charge on any atom is 0.229 e. The number of imidazole rings is 2. The number of nitrogens with one attached hydrogen (secondary N) is 3. The summed E-state index contributed by atoms with van der Waals surface area (Å²) in [5.74, 6) is 1.45. The van der Waals surface area contributed by atoms with Gasteiger partial charge in [-0.05, 0) is 138 Å². The molecule has 9 heteroatoms. The van der Waals surface area contributed by atoms with Crippen molar-refractivity contribution >= 4 is 45.9 Å². The first kappa shape index (κ1) is 41.9. The van der Waals surface area contributed by atoms with Gasteiger partial charge in [-0.15, -0.1) is 0 Å². The fourth-order valence-electron chi connectivity index (χ4n) is 9.70. The van der Waals surface area contributed by atoms with Crippen LogP contribution in [0.25, 0.3) is 56.5 Å². The van der Waals surface area contributed by atoms with E-state index in [-0.39, 0.29) is 34.5 Å². The molecule has 0 aliphatic heterocycles. The number of amides is 1. The van der Waals surface area contributed by atoms with Crippen molar-refractivity contribution in [3.8, 4) is 22.3 Å². The van der Waals surface area contributed by atoms with Crippen LogP contribution in [0.4, 0.5) is 0 Å². The molecule has 9 nitrogen and oxygen atoms in total. The van der Waals surface area contributed by atoms with Crippen LogP contribution in [-0.2, 0) is 22.4 Å². The van der Waals surface area contributed by atoms with Gasteiger partial charge in [0.05, 0.1) is 51.1 Å². The lowest BCUT2D eigenvalue weighted by Gasteiger charge is -2.32. The fourth-order valence-corrected chi connectivity index (χ4v) is 9.70. The maximum atomic E-state index is 13.5. The second kappa shape index (κ2) is 15.2. The molecule has 4 atom stereocenters. The summed E-state index contributed by atoms with van der Waals surface area (Å²) in [5, 5.41) is 24.1. The van der Waals surface area contributed by atoms with Crippen LogP contribution in [0.2, 0.25) is 0 Å². The van der Waals surface area contributed by atoms with Crippen LogP contribution in [0.1, 0.15) is 133 Å². The van der Waals surface area contributed by atoms with Crippen molar-refractivity contribution in [3.63, 3.8) is 0 Å². The zero-order valence-corrected chi connectivity index (χ0v) is 37.4. The Bertz CT molecular complexity index is 2750. The van der Waals surface area contributed by atoms with E-state index in [9.17, 15) is 19.8 Å². The van der Waals surface area contributed by atoms with Crippen molar-refractivity contribution < 1.29 is 19.8 Å². The Hall–Kier alpha value is -5.38. The number of benzene rings is 4. The van der Waals surface area contributed by atoms with E-state index in [2.05, 4.69) is 142 Å². The van der Waals surface area contributed by atoms with Crippen LogP contribution < -0.4 is 5.32 Å². The van der Waals surface area contributed by atoms with Gasteiger partial charge in [0.1, 0.15) is 17.4 Å². The van der Waals surface area contributed by atoms with E-state index in [4.69, 9.17) is 9.97 Å². The van der Waals surface area contributed by atoms with Crippen molar-refractivity contribution in [2.45, 2.75) is 125 Å². The number of aliphatic hydroxyl groups excluding tert-OH is 2. The SMILES string of the molecule is CC(O)C1(C(=O)C[C@H](c2nc3ccc(-c4cc5ccc4C=Cc4ccc(c(-c6ccc7nc([C@@H](NC(=O)C8(C(C)O)CC8)C(C)(C)C)[nH]c7c6)c4)CC5)cc3[nH]2)C(C)(C)C)CC1. The van der Waals surface area contributed by atoms with Gasteiger partial charge < -0.3 is 25.5 Å². The second-order valence-electron chi connectivity index (χ2n) is 20.9. The van der Waals surface area contributed by atoms with E-state index in [1.165, 1.54) is 16.7 Å². The standard InChI is InChI=1S/C53H61N5O4/c1-30(59)52(21-22-52)45(61)29-40(50(3,4)5)47-54-41-19-17-36(27-43(41)56-47)38-25-32-9-13-34(38)14-10-33-12-16-35(15-11-32)39(26-33)37-18-20-42-44(28-37)57-48(55-42)46(51(6,7)8)58-49(62)53(23-24-53)31(2)60/h9-10,12-14,16-20,25-28,30-31,40,46,59-60H,11,15,21-24,29H2,1-8H3,(H,54,56)(H,55,57)(H,58,62)/t30?,31?,40-,46-/m1/s1. The number of ketones is 1. The molecule has 12 rings (SSSR count). The van der Waals surface area contributed by atoms with Gasteiger partial charge >= 0.3 is 0 Å². The van der Waals surface area contributed by atoms with Gasteiger partial charge in [-0.1, -0.05) is 96.2 Å². The van der Waals surface area contributed by atoms with E-state index < -0.39 is 23.0 Å². The highest BCUT2D eigenvalue weighted by Crippen LogP contribution is 2.53. The molecule has 322 valence electrons. The fraction of sp³-hybridized carbons (Fsp3) is 0.434. The van der Waals surface area contributed by atoms with Gasteiger partial charge in [-0.3, -0.25) is 9.59 Å². The summed E-state index contributed by atoms with van der Waals surface area (Å²) in [6.07, 6.45) is 8.04. The van der Waals surface area contributed by atoms with E-state index in [1.807, 2.05) is 0 Å². The van der Waals surface area contributed by atoms with Crippen LogP contribution >= 0.6 is 0 Å². The van der Waals surface area contributed by atoms with Gasteiger partial charge in [-0.25, -0.2) is 9.97 Å². The van der Waals surface area contributed by atoms with Gasteiger partial charge in [-0.2, -0.15) is 0 Å². The number of aliphatic hydroxyl groups is 2. The van der Waals surface area contributed by atoms with Crippen molar-refractivity contribution in [2.75, 3.05) is 0 Å². The predicted octanol–water partition coefficient (Wildman–Crippen LogP) is 10.7. The van der Waals surface area contributed by atoms with Crippen molar-refractivity contribution in [3.05, 3.63) is 107 Å². The third kappa shape index (κ3) is 7.72. The van der Waals surface area contributed by atoms with Crippen molar-refractivity contribution in [2.24, 2.45) is 21.7 Å². The molecule has 0 radical (unpaired) electrons. The highest BCUT2D eigenvalue weighted by Gasteiger charge is 2.55. The molecular formula is C53H61N5O4. The molecule has 2 aromatic heterocycles. The first-order valence-corrected chi connectivity index (χ1v) is 22.5. The average molecular weight is 832 g/mol. The largest absolute Gasteiger partial charge is 0.392 e. The molecule has 0 saturated heterocycles. The highest BCUT2D eigenvalue weighted by molar-refractivity contribution is 5.90. The van der Waals surface area contributed by atoms with E-state index in [0.717, 1.165) is 81.4 Å². The number of carbonyl (C=O) groups excluding carboxylic acids is 2. The highest BCUT2D eigenvalue weighted by atomic mass is 16.3. The summed E-state index contributed by atoms with van der Waals surface area (Å²) < 4.78 is 0. The number of fused-ring (bicyclic) bond motifs is 2. The third-order valence-corrected chi connectivity index (χ3v) is 14.4. The number of carbonyl (C=O) groups is 2. The summed E-state index contributed by atoms with van der Waals surface area (Å²) in [7, 11) is 0. The van der Waals surface area contributed by atoms with Crippen LogP contribution in [0.3, 0.4) is 0 Å². The third-order valence-electron chi connectivity index (χ3n) is 14.4. The summed E-state index contributed by atoms with van der Waals surface area (Å²) in [5.41, 5.74) is 11.0. The van der Waals surface area contributed by atoms with Crippen molar-refractivity contribution in [1.29, 1.82) is 0 Å². The zero-order chi connectivity index (χ0) is 43.9. The minimum absolute atomic E-state index is 0.109. The Morgan fingerprint density at radius 2 is 1.31 bits per heavy atom. The molecule has 6 aliphatic rings. The number of rotatable bonds is 11. The van der Waals surface area contributed by atoms with Crippen LogP contribution in [-0.4, -0.2) is 54.0 Å². The van der Waals surface area contributed by atoms with Gasteiger partial charge in [0.25, 0.3) is 0 Å². The molecule has 62 heavy (non-hydrogen) atoms. The number of Topliss-reactive ketones (excluding diaryl/α,β-unsaturated/α-hetero) is 1. The van der Waals surface area contributed by atoms with Crippen LogP contribution in [0, 0.1) is 21.7 Å². The summed E-state index contributed by atoms with van der Waals surface area (Å²) >= 11 is 0. The zero-order valence-electron chi connectivity index (χ0n) is 37.4. The molecule has 4 aromatic carbocycles. The molecule has 1 amide bonds. The monoisotopic (exact) mass is 831 g/mol. The molecular weight excluding hydrogens is 771 g/mol. The topological polar surface area (TPSA) is 144 Å². The molecule has 6 aromatic rings. The normalized spacial score (nSPS) is 18.5. The molecule has 2 unspecified atom stereocenters. The Labute approximate surface area is 364 Å². The van der Waals surface area contributed by atoms with Gasteiger partial charge in [0.15, 0.2) is 0 Å². The van der Waals surface area contributed by atoms with E-state index >= 15 is 0 Å². The Morgan fingerprint density at radius 3 is 1.90 bits per heavy atom. The molecule has 0 spiro atoms. The number of nitrogens with zero attached hydrogens (tertiary/aromatic N) is 2. The first-order chi connectivity index (χ1) is 29.3. The number of hydrogen-bond acceptors (Lipinski definition) is 6. The Morgan fingerprint density at radius 1 is 0.694 bits per heavy atom. The molecule has 5 N–H and O–H groups in total. The predicted molar refractivity (Wildman–Crippen MR) is 248 cm³/mol. The average Bonchev–Trinajstić information content (AvgIpc) is 4.13. The number of aromatic amines is 2. The van der Waals surface area contributed by atoms with Crippen molar-refractivity contribution in [1.82, 2.24) is 25.3 Å². The lowest BCUT2D eigenvalue weighted by atomic mass is 9.75. The number of hydrogen-bond donors (Lipinski definition) is 5. The summed E-state index contributed by atoms with van der Waals surface area (Å²) in [6.45, 7) is 16.2. The number of aromatic nitrogens is 4. The van der Waals surface area contributed by atoms with E-state index in [0.29, 0.717) is 25.1 Å². The van der Waals surface area contributed by atoms with Crippen LogP contribution in [0.5, 0.6) is 0 Å². The summed E-state index contributed by atoms with van der Waals surface area (Å²) in [6, 6.07) is 26.0. The first-order valence-electron chi connectivity index (χ1n) is 22.5. The Kier molecular flexibility index (Phi) is 10.3. The van der Waals surface area contributed by atoms with E-state index in [1.54, 1.807) is 13.8 Å². The summed E-state index contributed by atoms with van der Waals surface area (Å²) in [4.78, 5) is 44.2. The van der Waals surface area contributed by atoms with Gasteiger partial charge in [0.2, 0.25) is 5.91 Å². The minimum Gasteiger partial charge on any atom is -0.392 e. The molecule has 2 saturated carbocycles. The molecule has 6 aliphatic carbocycles. The second-order valence-corrected chi connectivity index (χ2v) is 20.9. The molecule has 4 bridgehead atoms. The van der Waals surface area contributed by atoms with Crippen LogP contribution in [0.15, 0.2) is 72.8 Å². The Balaban J connectivity index is 0.999. The quantitative estimate of drug-likeness (QED) is 0.0879. The lowest BCUT2D eigenvalue weighted by molar-refractivity contribution is -0.132. The maximum absolute atomic E-state index is 13.5. The number of H-pyrrole nitrogens is 2. The lowest BCUT2D eigenvalue weighted by Crippen LogP contribution is -2.44.